The second-order valence-corrected chi connectivity index (χ2v) is 9.30. The van der Waals surface area contributed by atoms with Gasteiger partial charge in [0.1, 0.15) is 6.04 Å². The van der Waals surface area contributed by atoms with Crippen molar-refractivity contribution in [2.45, 2.75) is 17.9 Å². The highest BCUT2D eigenvalue weighted by Gasteiger charge is 2.24. The van der Waals surface area contributed by atoms with Crippen LogP contribution in [0.4, 0.5) is 0 Å². The SMILES string of the molecule is C[C@H](NS(=O)(=O)c1ccc(Cl)c(Cl)c1)C(=O)OCC(=O)c1ccc(Cl)s1. The highest BCUT2D eigenvalue weighted by atomic mass is 35.5. The fourth-order valence-corrected chi connectivity index (χ4v) is 4.34. The Kier molecular flexibility index (Phi) is 7.06. The summed E-state index contributed by atoms with van der Waals surface area (Å²) in [5.41, 5.74) is 0. The van der Waals surface area contributed by atoms with Crippen molar-refractivity contribution < 1.29 is 22.7 Å². The Labute approximate surface area is 169 Å². The zero-order chi connectivity index (χ0) is 19.5. The highest BCUT2D eigenvalue weighted by Crippen LogP contribution is 2.25. The van der Waals surface area contributed by atoms with Gasteiger partial charge in [-0.1, -0.05) is 34.8 Å². The molecule has 0 bridgehead atoms. The Hall–Kier alpha value is -1.16. The molecule has 11 heteroatoms. The second-order valence-electron chi connectivity index (χ2n) is 5.05. The number of esters is 1. The topological polar surface area (TPSA) is 89.5 Å². The minimum absolute atomic E-state index is 0.0602. The molecule has 2 aromatic rings. The van der Waals surface area contributed by atoms with Gasteiger partial charge in [-0.25, -0.2) is 8.42 Å². The lowest BCUT2D eigenvalue weighted by atomic mass is 10.3. The van der Waals surface area contributed by atoms with Gasteiger partial charge in [-0.2, -0.15) is 4.72 Å². The molecule has 0 saturated heterocycles. The van der Waals surface area contributed by atoms with Gasteiger partial charge < -0.3 is 4.74 Å². The monoisotopic (exact) mass is 455 g/mol. The molecule has 0 unspecified atom stereocenters. The van der Waals surface area contributed by atoms with E-state index in [1.165, 1.54) is 25.1 Å². The molecular formula is C15H12Cl3NO5S2. The molecule has 0 radical (unpaired) electrons. The Morgan fingerprint density at radius 2 is 1.85 bits per heavy atom. The standard InChI is InChI=1S/C15H12Cl3NO5S2/c1-8(15(21)24-7-12(20)13-4-5-14(18)25-13)19-26(22,23)9-2-3-10(16)11(17)6-9/h2-6,8,19H,7H2,1H3/t8-/m0/s1. The van der Waals surface area contributed by atoms with Crippen molar-refractivity contribution in [2.75, 3.05) is 6.61 Å². The number of nitrogens with one attached hydrogen (secondary N) is 1. The van der Waals surface area contributed by atoms with Crippen LogP contribution < -0.4 is 4.72 Å². The van der Waals surface area contributed by atoms with Crippen molar-refractivity contribution in [1.82, 2.24) is 4.72 Å². The minimum Gasteiger partial charge on any atom is -0.456 e. The smallest absolute Gasteiger partial charge is 0.324 e. The van der Waals surface area contributed by atoms with Crippen LogP contribution in [0.5, 0.6) is 0 Å². The average molecular weight is 457 g/mol. The van der Waals surface area contributed by atoms with E-state index < -0.39 is 34.4 Å². The number of carbonyl (C=O) groups is 2. The number of halogens is 3. The van der Waals surface area contributed by atoms with Crippen LogP contribution in [0.3, 0.4) is 0 Å². The van der Waals surface area contributed by atoms with Gasteiger partial charge in [-0.05, 0) is 37.3 Å². The molecule has 0 spiro atoms. The summed E-state index contributed by atoms with van der Waals surface area (Å²) in [5, 5.41) is 0.259. The average Bonchev–Trinajstić information content (AvgIpc) is 3.00. The fourth-order valence-electron chi connectivity index (χ4n) is 1.79. The van der Waals surface area contributed by atoms with Crippen LogP contribution in [0.1, 0.15) is 16.6 Å². The summed E-state index contributed by atoms with van der Waals surface area (Å²) in [6, 6.07) is 5.59. The molecule has 0 aliphatic rings. The molecule has 2 rings (SSSR count). The fraction of sp³-hybridized carbons (Fsp3) is 0.200. The minimum atomic E-state index is -4.03. The van der Waals surface area contributed by atoms with Gasteiger partial charge in [0.25, 0.3) is 0 Å². The van der Waals surface area contributed by atoms with Crippen LogP contribution in [0, 0.1) is 0 Å². The molecule has 0 aliphatic heterocycles. The first-order valence-corrected chi connectivity index (χ1v) is 10.5. The number of sulfonamides is 1. The van der Waals surface area contributed by atoms with E-state index in [-0.39, 0.29) is 14.9 Å². The molecule has 0 fully saturated rings. The first kappa shape index (κ1) is 21.1. The summed E-state index contributed by atoms with van der Waals surface area (Å²) in [7, 11) is -4.03. The van der Waals surface area contributed by atoms with Gasteiger partial charge in [0, 0.05) is 0 Å². The highest BCUT2D eigenvalue weighted by molar-refractivity contribution is 7.89. The number of rotatable bonds is 7. The summed E-state index contributed by atoms with van der Waals surface area (Å²) in [6.07, 6.45) is 0. The van der Waals surface area contributed by atoms with Gasteiger partial charge in [-0.15, -0.1) is 11.3 Å². The van der Waals surface area contributed by atoms with Gasteiger partial charge >= 0.3 is 5.97 Å². The third-order valence-corrected chi connectivity index (χ3v) is 6.63. The van der Waals surface area contributed by atoms with Gasteiger partial charge in [0.2, 0.25) is 15.8 Å². The van der Waals surface area contributed by atoms with E-state index in [9.17, 15) is 18.0 Å². The van der Waals surface area contributed by atoms with Crippen molar-refractivity contribution in [1.29, 1.82) is 0 Å². The number of Topliss-reactive ketones (excluding diaryl/α,β-unsaturated/α-hetero) is 1. The van der Waals surface area contributed by atoms with Gasteiger partial charge in [0.05, 0.1) is 24.2 Å². The molecule has 1 N–H and O–H groups in total. The molecule has 6 nitrogen and oxygen atoms in total. The maximum absolute atomic E-state index is 12.3. The Morgan fingerprint density at radius 1 is 1.15 bits per heavy atom. The van der Waals surface area contributed by atoms with Crippen molar-refractivity contribution >= 4 is 67.9 Å². The summed E-state index contributed by atoms with van der Waals surface area (Å²) in [4.78, 5) is 24.0. The quantitative estimate of drug-likeness (QED) is 0.505. The third-order valence-electron chi connectivity index (χ3n) is 3.08. The molecule has 140 valence electrons. The largest absolute Gasteiger partial charge is 0.456 e. The van der Waals surface area contributed by atoms with Crippen LogP contribution >= 0.6 is 46.1 Å². The molecular weight excluding hydrogens is 445 g/mol. The van der Waals surface area contributed by atoms with Gasteiger partial charge in [0.15, 0.2) is 6.61 Å². The number of hydrogen-bond acceptors (Lipinski definition) is 6. The van der Waals surface area contributed by atoms with E-state index in [2.05, 4.69) is 4.72 Å². The summed E-state index contributed by atoms with van der Waals surface area (Å²) >= 11 is 18.3. The maximum Gasteiger partial charge on any atom is 0.324 e. The lowest BCUT2D eigenvalue weighted by molar-refractivity contribution is -0.144. The lowest BCUT2D eigenvalue weighted by Gasteiger charge is -2.13. The predicted octanol–water partition coefficient (Wildman–Crippen LogP) is 3.80. The van der Waals surface area contributed by atoms with Crippen LogP contribution in [0.25, 0.3) is 0 Å². The molecule has 0 saturated carbocycles. The van der Waals surface area contributed by atoms with Crippen LogP contribution in [-0.4, -0.2) is 32.8 Å². The lowest BCUT2D eigenvalue weighted by Crippen LogP contribution is -2.40. The molecule has 0 aliphatic carbocycles. The number of thiophene rings is 1. The summed E-state index contributed by atoms with van der Waals surface area (Å²) in [6.45, 7) is 0.776. The molecule has 1 heterocycles. The van der Waals surface area contributed by atoms with Crippen molar-refractivity contribution in [3.63, 3.8) is 0 Å². The summed E-state index contributed by atoms with van der Waals surface area (Å²) < 4.78 is 32.0. The molecule has 1 aromatic carbocycles. The zero-order valence-electron chi connectivity index (χ0n) is 13.2. The van der Waals surface area contributed by atoms with Crippen molar-refractivity contribution in [3.8, 4) is 0 Å². The van der Waals surface area contributed by atoms with E-state index in [4.69, 9.17) is 39.5 Å². The van der Waals surface area contributed by atoms with Crippen LogP contribution in [0.2, 0.25) is 14.4 Å². The van der Waals surface area contributed by atoms with Gasteiger partial charge in [-0.3, -0.25) is 9.59 Å². The van der Waals surface area contributed by atoms with Crippen molar-refractivity contribution in [2.24, 2.45) is 0 Å². The molecule has 26 heavy (non-hydrogen) atoms. The number of ketones is 1. The van der Waals surface area contributed by atoms with Crippen molar-refractivity contribution in [3.05, 3.63) is 49.6 Å². The second kappa shape index (κ2) is 8.69. The predicted molar refractivity (Wildman–Crippen MR) is 101 cm³/mol. The van der Waals surface area contributed by atoms with Crippen LogP contribution in [0.15, 0.2) is 35.2 Å². The normalized spacial score (nSPS) is 12.6. The van der Waals surface area contributed by atoms with Crippen LogP contribution in [-0.2, 0) is 19.6 Å². The van der Waals surface area contributed by atoms with E-state index in [1.54, 1.807) is 6.07 Å². The number of hydrogen-bond donors (Lipinski definition) is 1. The molecule has 1 atom stereocenters. The molecule has 0 amide bonds. The van der Waals surface area contributed by atoms with E-state index in [0.29, 0.717) is 9.21 Å². The summed E-state index contributed by atoms with van der Waals surface area (Å²) in [5.74, 6) is -1.33. The maximum atomic E-state index is 12.3. The van der Waals surface area contributed by atoms with E-state index in [0.717, 1.165) is 17.4 Å². The zero-order valence-corrected chi connectivity index (χ0v) is 17.1. The first-order chi connectivity index (χ1) is 12.1. The Morgan fingerprint density at radius 3 is 2.42 bits per heavy atom. The number of carbonyl (C=O) groups excluding carboxylic acids is 2. The number of benzene rings is 1. The first-order valence-electron chi connectivity index (χ1n) is 7.02. The van der Waals surface area contributed by atoms with E-state index >= 15 is 0 Å². The third kappa shape index (κ3) is 5.42. The number of ether oxygens (including phenoxy) is 1. The molecule has 1 aromatic heterocycles. The Bertz CT molecular complexity index is 943. The van der Waals surface area contributed by atoms with E-state index in [1.807, 2.05) is 0 Å². The Balaban J connectivity index is 1.97.